The highest BCUT2D eigenvalue weighted by molar-refractivity contribution is 6.35. The van der Waals surface area contributed by atoms with E-state index in [0.717, 1.165) is 5.56 Å². The highest BCUT2D eigenvalue weighted by Crippen LogP contribution is 2.35. The first kappa shape index (κ1) is 28.1. The summed E-state index contributed by atoms with van der Waals surface area (Å²) in [6.07, 6.45) is 1.63. The third kappa shape index (κ3) is 5.92. The van der Waals surface area contributed by atoms with Crippen LogP contribution >= 0.6 is 0 Å². The Hall–Kier alpha value is -4.13. The highest BCUT2D eigenvalue weighted by Gasteiger charge is 2.27. The van der Waals surface area contributed by atoms with Gasteiger partial charge in [-0.05, 0) is 56.2 Å². The molecule has 7 heteroatoms. The average molecular weight is 490 g/mol. The lowest BCUT2D eigenvalue weighted by Gasteiger charge is -2.14. The molecule has 36 heavy (non-hydrogen) atoms. The van der Waals surface area contributed by atoms with Crippen molar-refractivity contribution >= 4 is 35.1 Å². The van der Waals surface area contributed by atoms with Gasteiger partial charge in [-0.25, -0.2) is 4.79 Å². The number of carboxylic acid groups (broad SMARTS) is 1. The summed E-state index contributed by atoms with van der Waals surface area (Å²) in [6, 6.07) is 14.5. The summed E-state index contributed by atoms with van der Waals surface area (Å²) in [7, 11) is 0. The minimum absolute atomic E-state index is 0.175. The normalized spacial score (nSPS) is 13.4. The standard InChI is InChI=1S/C25H23N3O4.2C2H6/c1-13-21(26-15(3)22(13)25(31)32)12-19-18-11-17(9-10-20(18)28-24(19)30)23(29)27-14(2)16-7-5-4-6-8-16;2*1-2/h4-12,14,26H,1-3H3,(H,27,29)(H,28,30)(H,31,32);2*1-2H3/b19-12-;;. The minimum atomic E-state index is -1.02. The summed E-state index contributed by atoms with van der Waals surface area (Å²) < 4.78 is 0. The van der Waals surface area contributed by atoms with Crippen molar-refractivity contribution in [1.29, 1.82) is 0 Å². The zero-order chi connectivity index (χ0) is 27.0. The molecule has 0 bridgehead atoms. The van der Waals surface area contributed by atoms with Crippen LogP contribution in [0, 0.1) is 13.8 Å². The summed E-state index contributed by atoms with van der Waals surface area (Å²) in [5, 5.41) is 15.2. The number of carboxylic acids is 1. The Morgan fingerprint density at radius 2 is 1.64 bits per heavy atom. The fourth-order valence-electron chi connectivity index (χ4n) is 3.96. The fourth-order valence-corrected chi connectivity index (χ4v) is 3.96. The number of H-pyrrole nitrogens is 1. The number of aromatic amines is 1. The summed E-state index contributed by atoms with van der Waals surface area (Å²) in [4.78, 5) is 40.0. The second-order valence-electron chi connectivity index (χ2n) is 7.85. The molecular weight excluding hydrogens is 454 g/mol. The van der Waals surface area contributed by atoms with E-state index in [4.69, 9.17) is 0 Å². The van der Waals surface area contributed by atoms with Crippen LogP contribution < -0.4 is 10.6 Å². The molecule has 1 unspecified atom stereocenters. The van der Waals surface area contributed by atoms with Gasteiger partial charge in [-0.3, -0.25) is 9.59 Å². The van der Waals surface area contributed by atoms with Gasteiger partial charge in [0, 0.05) is 28.2 Å². The summed E-state index contributed by atoms with van der Waals surface area (Å²) >= 11 is 0. The first-order valence-corrected chi connectivity index (χ1v) is 12.2. The zero-order valence-electron chi connectivity index (χ0n) is 21.9. The lowest BCUT2D eigenvalue weighted by atomic mass is 10.0. The number of rotatable bonds is 5. The molecule has 1 aliphatic heterocycles. The quantitative estimate of drug-likeness (QED) is 0.312. The fraction of sp³-hybridized carbons (Fsp3) is 0.276. The minimum Gasteiger partial charge on any atom is -0.478 e. The number of carbonyl (C=O) groups is 3. The Kier molecular flexibility index (Phi) is 9.79. The Morgan fingerprint density at radius 3 is 2.22 bits per heavy atom. The van der Waals surface area contributed by atoms with Gasteiger partial charge in [0.15, 0.2) is 0 Å². The van der Waals surface area contributed by atoms with Gasteiger partial charge in [0.05, 0.1) is 17.2 Å². The van der Waals surface area contributed by atoms with E-state index in [9.17, 15) is 19.5 Å². The number of benzene rings is 2. The van der Waals surface area contributed by atoms with E-state index in [-0.39, 0.29) is 23.4 Å². The number of aromatic nitrogens is 1. The molecular formula is C29H35N3O4. The number of hydrogen-bond acceptors (Lipinski definition) is 3. The largest absolute Gasteiger partial charge is 0.478 e. The second-order valence-corrected chi connectivity index (χ2v) is 7.85. The third-order valence-corrected chi connectivity index (χ3v) is 5.69. The monoisotopic (exact) mass is 489 g/mol. The van der Waals surface area contributed by atoms with E-state index in [2.05, 4.69) is 15.6 Å². The van der Waals surface area contributed by atoms with Gasteiger partial charge in [-0.15, -0.1) is 0 Å². The number of amides is 2. The van der Waals surface area contributed by atoms with Crippen LogP contribution in [0.25, 0.3) is 11.6 Å². The van der Waals surface area contributed by atoms with Crippen LogP contribution in [-0.4, -0.2) is 27.9 Å². The molecule has 3 aromatic rings. The molecule has 0 spiro atoms. The molecule has 2 amide bonds. The predicted molar refractivity (Wildman–Crippen MR) is 145 cm³/mol. The van der Waals surface area contributed by atoms with Gasteiger partial charge < -0.3 is 20.7 Å². The Balaban J connectivity index is 0.00000109. The molecule has 1 aromatic heterocycles. The van der Waals surface area contributed by atoms with Gasteiger partial charge in [0.2, 0.25) is 0 Å². The maximum atomic E-state index is 12.8. The van der Waals surface area contributed by atoms with Gasteiger partial charge in [-0.2, -0.15) is 0 Å². The second kappa shape index (κ2) is 12.5. The van der Waals surface area contributed by atoms with Gasteiger partial charge >= 0.3 is 5.97 Å². The van der Waals surface area contributed by atoms with Crippen molar-refractivity contribution in [3.8, 4) is 0 Å². The average Bonchev–Trinajstić information content (AvgIpc) is 3.35. The van der Waals surface area contributed by atoms with E-state index in [1.54, 1.807) is 38.1 Å². The summed E-state index contributed by atoms with van der Waals surface area (Å²) in [5.41, 5.74) is 4.80. The van der Waals surface area contributed by atoms with Crippen molar-refractivity contribution in [2.45, 2.75) is 54.5 Å². The predicted octanol–water partition coefficient (Wildman–Crippen LogP) is 6.37. The third-order valence-electron chi connectivity index (χ3n) is 5.69. The number of aryl methyl sites for hydroxylation is 1. The maximum absolute atomic E-state index is 12.8. The van der Waals surface area contributed by atoms with Crippen LogP contribution in [0.3, 0.4) is 0 Å². The van der Waals surface area contributed by atoms with Gasteiger partial charge in [-0.1, -0.05) is 58.0 Å². The maximum Gasteiger partial charge on any atom is 0.337 e. The molecule has 2 aromatic carbocycles. The molecule has 190 valence electrons. The molecule has 0 radical (unpaired) electrons. The molecule has 7 nitrogen and oxygen atoms in total. The van der Waals surface area contributed by atoms with Crippen molar-refractivity contribution in [2.75, 3.05) is 5.32 Å². The molecule has 0 saturated heterocycles. The number of hydrogen-bond donors (Lipinski definition) is 4. The number of carbonyl (C=O) groups excluding carboxylic acids is 2. The van der Waals surface area contributed by atoms with Crippen LogP contribution in [-0.2, 0) is 4.79 Å². The lowest BCUT2D eigenvalue weighted by Crippen LogP contribution is -2.26. The number of anilines is 1. The molecule has 0 aliphatic carbocycles. The Morgan fingerprint density at radius 1 is 1.00 bits per heavy atom. The van der Waals surface area contributed by atoms with E-state index in [1.807, 2.05) is 65.0 Å². The van der Waals surface area contributed by atoms with Crippen molar-refractivity contribution in [3.05, 3.63) is 87.7 Å². The Labute approximate surface area is 212 Å². The summed E-state index contributed by atoms with van der Waals surface area (Å²) in [5.74, 6) is -1.58. The number of aromatic carboxylic acids is 1. The van der Waals surface area contributed by atoms with Crippen molar-refractivity contribution < 1.29 is 19.5 Å². The highest BCUT2D eigenvalue weighted by atomic mass is 16.4. The number of fused-ring (bicyclic) bond motifs is 1. The lowest BCUT2D eigenvalue weighted by molar-refractivity contribution is -0.110. The topological polar surface area (TPSA) is 111 Å². The number of nitrogens with one attached hydrogen (secondary N) is 3. The van der Waals surface area contributed by atoms with E-state index < -0.39 is 5.97 Å². The van der Waals surface area contributed by atoms with Gasteiger partial charge in [0.1, 0.15) is 0 Å². The van der Waals surface area contributed by atoms with E-state index >= 15 is 0 Å². The first-order chi connectivity index (χ1) is 17.3. The van der Waals surface area contributed by atoms with Crippen LogP contribution in [0.15, 0.2) is 48.5 Å². The van der Waals surface area contributed by atoms with E-state index in [1.165, 1.54) is 0 Å². The molecule has 0 fully saturated rings. The van der Waals surface area contributed by atoms with Crippen LogP contribution in [0.1, 0.15) is 89.5 Å². The van der Waals surface area contributed by atoms with Gasteiger partial charge in [0.25, 0.3) is 11.8 Å². The molecule has 2 heterocycles. The van der Waals surface area contributed by atoms with E-state index in [0.29, 0.717) is 39.3 Å². The smallest absolute Gasteiger partial charge is 0.337 e. The SMILES string of the molecule is CC.CC.Cc1[nH]c(/C=C2\C(=O)Nc3ccc(C(=O)NC(C)c4ccccc4)cc32)c(C)c1C(=O)O. The van der Waals surface area contributed by atoms with Crippen LogP contribution in [0.5, 0.6) is 0 Å². The molecule has 4 rings (SSSR count). The molecule has 0 saturated carbocycles. The van der Waals surface area contributed by atoms with Crippen molar-refractivity contribution in [2.24, 2.45) is 0 Å². The summed E-state index contributed by atoms with van der Waals surface area (Å²) in [6.45, 7) is 13.3. The molecule has 4 N–H and O–H groups in total. The molecule has 1 aliphatic rings. The van der Waals surface area contributed by atoms with Crippen LogP contribution in [0.2, 0.25) is 0 Å². The molecule has 1 atom stereocenters. The van der Waals surface area contributed by atoms with Crippen molar-refractivity contribution in [1.82, 2.24) is 10.3 Å². The first-order valence-electron chi connectivity index (χ1n) is 12.2. The van der Waals surface area contributed by atoms with Crippen molar-refractivity contribution in [3.63, 3.8) is 0 Å². The van der Waals surface area contributed by atoms with Crippen LogP contribution in [0.4, 0.5) is 5.69 Å². The Bertz CT molecular complexity index is 1270. The zero-order valence-corrected chi connectivity index (χ0v) is 21.9.